The molecule has 9 heteroatoms. The first-order chi connectivity index (χ1) is 9.92. The molecular weight excluding hydrogens is 302 g/mol. The molecule has 2 heterocycles. The van der Waals surface area contributed by atoms with Crippen LogP contribution in [0.2, 0.25) is 0 Å². The summed E-state index contributed by atoms with van der Waals surface area (Å²) >= 11 is 0. The van der Waals surface area contributed by atoms with Gasteiger partial charge in [0.1, 0.15) is 18.8 Å². The van der Waals surface area contributed by atoms with Crippen LogP contribution in [0.5, 0.6) is 0 Å². The fraction of sp³-hybridized carbons (Fsp3) is 0.667. The summed E-state index contributed by atoms with van der Waals surface area (Å²) in [5, 5.41) is 2.28. The van der Waals surface area contributed by atoms with Gasteiger partial charge in [-0.3, -0.25) is 13.8 Å². The summed E-state index contributed by atoms with van der Waals surface area (Å²) in [7, 11) is -3.06. The largest absolute Gasteiger partial charge is 0.455 e. The minimum Gasteiger partial charge on any atom is -0.455 e. The maximum Gasteiger partial charge on any atom is 0.325 e. The number of fused-ring (bicyclic) bond motifs is 2. The van der Waals surface area contributed by atoms with Crippen LogP contribution in [0, 0.1) is 5.92 Å². The molecule has 2 aliphatic rings. The second-order valence-electron chi connectivity index (χ2n) is 5.02. The Morgan fingerprint density at radius 2 is 2.14 bits per heavy atom. The van der Waals surface area contributed by atoms with Crippen LogP contribution in [0.15, 0.2) is 12.7 Å². The molecule has 0 spiro atoms. The van der Waals surface area contributed by atoms with Gasteiger partial charge in [0, 0.05) is 0 Å². The average molecular weight is 319 g/mol. The zero-order chi connectivity index (χ0) is 15.6. The number of ether oxygens (including phenoxy) is 2. The fourth-order valence-corrected chi connectivity index (χ4v) is 3.14. The van der Waals surface area contributed by atoms with E-state index in [1.165, 1.54) is 0 Å². The van der Waals surface area contributed by atoms with Gasteiger partial charge in [-0.25, -0.2) is 8.42 Å². The summed E-state index contributed by atoms with van der Waals surface area (Å²) in [4.78, 5) is 22.7. The Hall–Kier alpha value is -1.45. The smallest absolute Gasteiger partial charge is 0.325 e. The number of esters is 1. The number of hydrogen-bond acceptors (Lipinski definition) is 7. The molecule has 21 heavy (non-hydrogen) atoms. The Bertz CT molecular complexity index is 510. The van der Waals surface area contributed by atoms with E-state index < -0.39 is 47.3 Å². The van der Waals surface area contributed by atoms with Crippen LogP contribution in [-0.2, 0) is 34.2 Å². The topological polar surface area (TPSA) is 108 Å². The molecule has 8 nitrogen and oxygen atoms in total. The Balaban J connectivity index is 1.97. The first kappa shape index (κ1) is 15.9. The highest BCUT2D eigenvalue weighted by Crippen LogP contribution is 2.42. The highest BCUT2D eigenvalue weighted by Gasteiger charge is 2.56. The highest BCUT2D eigenvalue weighted by molar-refractivity contribution is 7.67. The van der Waals surface area contributed by atoms with Crippen molar-refractivity contribution in [2.45, 2.75) is 37.8 Å². The van der Waals surface area contributed by atoms with Crippen molar-refractivity contribution in [1.82, 2.24) is 5.32 Å². The SMILES string of the molecule is C=CC(=O)NCC(=O)OC1C2OC(CC2C)C1O[SH](=O)=O. The molecule has 2 rings (SSSR count). The van der Waals surface area contributed by atoms with Gasteiger partial charge < -0.3 is 14.8 Å². The summed E-state index contributed by atoms with van der Waals surface area (Å²) in [6.07, 6.45) is -0.734. The number of rotatable bonds is 6. The lowest BCUT2D eigenvalue weighted by Gasteiger charge is -2.29. The van der Waals surface area contributed by atoms with Gasteiger partial charge in [-0.15, -0.1) is 0 Å². The molecule has 2 saturated heterocycles. The van der Waals surface area contributed by atoms with E-state index in [1.54, 1.807) is 0 Å². The summed E-state index contributed by atoms with van der Waals surface area (Å²) < 4.78 is 37.1. The predicted octanol–water partition coefficient (Wildman–Crippen LogP) is -1.08. The first-order valence-corrected chi connectivity index (χ1v) is 7.58. The second kappa shape index (κ2) is 6.54. The normalized spacial score (nSPS) is 33.9. The van der Waals surface area contributed by atoms with E-state index in [0.29, 0.717) is 6.42 Å². The Labute approximate surface area is 123 Å². The minimum absolute atomic E-state index is 0.139. The lowest BCUT2D eigenvalue weighted by Crippen LogP contribution is -2.46. The van der Waals surface area contributed by atoms with Gasteiger partial charge in [0.2, 0.25) is 5.91 Å². The third kappa shape index (κ3) is 3.60. The van der Waals surface area contributed by atoms with Gasteiger partial charge in [-0.2, -0.15) is 0 Å². The molecule has 118 valence electrons. The van der Waals surface area contributed by atoms with Crippen molar-refractivity contribution in [1.29, 1.82) is 0 Å². The molecule has 0 aliphatic carbocycles. The van der Waals surface area contributed by atoms with E-state index in [0.717, 1.165) is 6.08 Å². The minimum atomic E-state index is -3.06. The summed E-state index contributed by atoms with van der Waals surface area (Å²) in [6, 6.07) is 0. The third-order valence-electron chi connectivity index (χ3n) is 3.58. The van der Waals surface area contributed by atoms with Crippen molar-refractivity contribution in [2.24, 2.45) is 5.92 Å². The van der Waals surface area contributed by atoms with Gasteiger partial charge in [0.15, 0.2) is 6.10 Å². The van der Waals surface area contributed by atoms with E-state index >= 15 is 0 Å². The molecule has 0 aromatic heterocycles. The van der Waals surface area contributed by atoms with E-state index in [1.807, 2.05) is 6.92 Å². The van der Waals surface area contributed by atoms with Gasteiger partial charge in [-0.1, -0.05) is 13.5 Å². The predicted molar refractivity (Wildman–Crippen MR) is 70.7 cm³/mol. The number of carbonyl (C=O) groups excluding carboxylic acids is 2. The lowest BCUT2D eigenvalue weighted by molar-refractivity contribution is -0.155. The van der Waals surface area contributed by atoms with Crippen molar-refractivity contribution in [3.05, 3.63) is 12.7 Å². The van der Waals surface area contributed by atoms with Crippen molar-refractivity contribution in [3.63, 3.8) is 0 Å². The van der Waals surface area contributed by atoms with Gasteiger partial charge >= 0.3 is 5.97 Å². The molecule has 5 atom stereocenters. The summed E-state index contributed by atoms with van der Waals surface area (Å²) in [5.41, 5.74) is 0. The van der Waals surface area contributed by atoms with Crippen LogP contribution in [0.1, 0.15) is 13.3 Å². The molecule has 0 aromatic rings. The number of carbonyl (C=O) groups is 2. The van der Waals surface area contributed by atoms with Crippen LogP contribution < -0.4 is 5.32 Å². The van der Waals surface area contributed by atoms with Gasteiger partial charge in [0.05, 0.1) is 6.10 Å². The number of nitrogens with one attached hydrogen (secondary N) is 1. The average Bonchev–Trinajstić information content (AvgIpc) is 2.94. The molecule has 1 N–H and O–H groups in total. The maximum atomic E-state index is 11.7. The van der Waals surface area contributed by atoms with Gasteiger partial charge in [0.25, 0.3) is 11.0 Å². The van der Waals surface area contributed by atoms with Crippen molar-refractivity contribution in [2.75, 3.05) is 6.54 Å². The highest BCUT2D eigenvalue weighted by atomic mass is 32.2. The van der Waals surface area contributed by atoms with Crippen LogP contribution in [0.3, 0.4) is 0 Å². The zero-order valence-corrected chi connectivity index (χ0v) is 12.3. The van der Waals surface area contributed by atoms with Crippen molar-refractivity contribution in [3.8, 4) is 0 Å². The molecule has 1 amide bonds. The zero-order valence-electron chi connectivity index (χ0n) is 11.4. The van der Waals surface area contributed by atoms with Gasteiger partial charge in [-0.05, 0) is 18.4 Å². The second-order valence-corrected chi connectivity index (χ2v) is 5.68. The monoisotopic (exact) mass is 319 g/mol. The number of thiol groups is 1. The number of amides is 1. The van der Waals surface area contributed by atoms with Crippen LogP contribution in [0.4, 0.5) is 0 Å². The first-order valence-electron chi connectivity index (χ1n) is 6.48. The molecule has 2 bridgehead atoms. The van der Waals surface area contributed by atoms with Crippen LogP contribution >= 0.6 is 0 Å². The Kier molecular flexibility index (Phi) is 4.96. The summed E-state index contributed by atoms with van der Waals surface area (Å²) in [6.45, 7) is 4.86. The quantitative estimate of drug-likeness (QED) is 0.364. The lowest BCUT2D eigenvalue weighted by atomic mass is 9.86. The van der Waals surface area contributed by atoms with Crippen LogP contribution in [0.25, 0.3) is 0 Å². The van der Waals surface area contributed by atoms with E-state index in [-0.39, 0.29) is 12.5 Å². The molecule has 0 saturated carbocycles. The molecular formula is C12H17NO7S. The van der Waals surface area contributed by atoms with Crippen molar-refractivity contribution >= 4 is 22.9 Å². The standard InChI is InChI=1S/C12H17NO7S/c1-3-8(14)13-5-9(15)19-12-10-6(2)4-7(18-10)11(12)20-21(16)17/h3,6-7,10-12,21H,1,4-5H2,2H3,(H,13,14). The molecule has 2 fully saturated rings. The maximum absolute atomic E-state index is 11.7. The van der Waals surface area contributed by atoms with E-state index in [4.69, 9.17) is 13.7 Å². The van der Waals surface area contributed by atoms with Crippen molar-refractivity contribution < 1.29 is 31.7 Å². The third-order valence-corrected chi connectivity index (χ3v) is 3.99. The molecule has 0 aromatic carbocycles. The molecule has 2 aliphatic heterocycles. The fourth-order valence-electron chi connectivity index (χ4n) is 2.69. The summed E-state index contributed by atoms with van der Waals surface area (Å²) in [5.74, 6) is -1.05. The van der Waals surface area contributed by atoms with E-state index in [9.17, 15) is 18.0 Å². The Morgan fingerprint density at radius 3 is 2.76 bits per heavy atom. The Morgan fingerprint density at radius 1 is 1.43 bits per heavy atom. The number of hydrogen-bond donors (Lipinski definition) is 2. The molecule has 0 radical (unpaired) electrons. The van der Waals surface area contributed by atoms with E-state index in [2.05, 4.69) is 11.9 Å². The molecule has 5 unspecified atom stereocenters. The van der Waals surface area contributed by atoms with Crippen LogP contribution in [-0.4, -0.2) is 51.3 Å².